The monoisotopic (exact) mass is 316 g/mol. The minimum atomic E-state index is 0.360. The molecule has 1 aliphatic rings. The van der Waals surface area contributed by atoms with Gasteiger partial charge in [-0.3, -0.25) is 4.79 Å². The number of Topliss-reactive ketones (excluding diaryl/α,β-unsaturated/α-hetero) is 1. The first-order valence-corrected chi connectivity index (χ1v) is 9.64. The Kier molecular flexibility index (Phi) is 7.79. The standard InChI is InChI=1S/C20H28OS/c1-2-3-4-5-6-10-14-18-19(21)15-11-16-20(18)22-17-12-8-7-9-13-17/h7-9,12-14,20H,2-6,10-11,15-16H2,1H3/b18-14+. The number of allylic oxidation sites excluding steroid dienone is 1. The van der Waals surface area contributed by atoms with Gasteiger partial charge in [0.2, 0.25) is 0 Å². The van der Waals surface area contributed by atoms with Gasteiger partial charge >= 0.3 is 0 Å². The molecule has 0 spiro atoms. The lowest BCUT2D eigenvalue weighted by Crippen LogP contribution is -2.21. The van der Waals surface area contributed by atoms with E-state index in [2.05, 4.69) is 37.3 Å². The smallest absolute Gasteiger partial charge is 0.159 e. The Labute approximate surface area is 139 Å². The van der Waals surface area contributed by atoms with E-state index in [1.165, 1.54) is 37.0 Å². The summed E-state index contributed by atoms with van der Waals surface area (Å²) in [5, 5.41) is 0.360. The maximum absolute atomic E-state index is 12.3. The van der Waals surface area contributed by atoms with Crippen LogP contribution in [0.25, 0.3) is 0 Å². The van der Waals surface area contributed by atoms with Crippen molar-refractivity contribution < 1.29 is 4.79 Å². The van der Waals surface area contributed by atoms with Crippen LogP contribution in [0.2, 0.25) is 0 Å². The zero-order chi connectivity index (χ0) is 15.6. The summed E-state index contributed by atoms with van der Waals surface area (Å²) in [6.45, 7) is 2.24. The third-order valence-corrected chi connectivity index (χ3v) is 5.55. The Bertz CT molecular complexity index is 478. The van der Waals surface area contributed by atoms with Crippen LogP contribution in [0.3, 0.4) is 0 Å². The zero-order valence-corrected chi connectivity index (χ0v) is 14.5. The Hall–Kier alpha value is -1.02. The third-order valence-electron chi connectivity index (χ3n) is 4.23. The molecule has 1 fully saturated rings. The highest BCUT2D eigenvalue weighted by atomic mass is 32.2. The summed E-state index contributed by atoms with van der Waals surface area (Å²) < 4.78 is 0. The van der Waals surface area contributed by atoms with Crippen molar-refractivity contribution in [2.24, 2.45) is 0 Å². The van der Waals surface area contributed by atoms with Gasteiger partial charge in [-0.25, -0.2) is 0 Å². The summed E-state index contributed by atoms with van der Waals surface area (Å²) >= 11 is 1.86. The van der Waals surface area contributed by atoms with E-state index in [4.69, 9.17) is 0 Å². The molecule has 0 amide bonds. The van der Waals surface area contributed by atoms with E-state index >= 15 is 0 Å². The molecular weight excluding hydrogens is 288 g/mol. The maximum atomic E-state index is 12.3. The van der Waals surface area contributed by atoms with Crippen molar-refractivity contribution in [3.8, 4) is 0 Å². The topological polar surface area (TPSA) is 17.1 Å². The van der Waals surface area contributed by atoms with Gasteiger partial charge < -0.3 is 0 Å². The number of thioether (sulfide) groups is 1. The molecule has 0 aromatic heterocycles. The van der Waals surface area contributed by atoms with Gasteiger partial charge in [-0.15, -0.1) is 11.8 Å². The van der Waals surface area contributed by atoms with Crippen molar-refractivity contribution in [3.63, 3.8) is 0 Å². The van der Waals surface area contributed by atoms with Crippen LogP contribution >= 0.6 is 11.8 Å². The average Bonchev–Trinajstić information content (AvgIpc) is 2.54. The van der Waals surface area contributed by atoms with Gasteiger partial charge in [0.1, 0.15) is 0 Å². The van der Waals surface area contributed by atoms with Crippen LogP contribution in [0.5, 0.6) is 0 Å². The van der Waals surface area contributed by atoms with Crippen molar-refractivity contribution in [2.75, 3.05) is 0 Å². The molecule has 0 aliphatic heterocycles. The van der Waals surface area contributed by atoms with Crippen LogP contribution in [-0.4, -0.2) is 11.0 Å². The fourth-order valence-corrected chi connectivity index (χ4v) is 4.25. The summed E-state index contributed by atoms with van der Waals surface area (Å²) in [4.78, 5) is 13.6. The van der Waals surface area contributed by atoms with Gasteiger partial charge in [0.25, 0.3) is 0 Å². The molecule has 0 saturated heterocycles. The summed E-state index contributed by atoms with van der Waals surface area (Å²) in [5.74, 6) is 0.383. The second-order valence-electron chi connectivity index (χ2n) is 6.10. The van der Waals surface area contributed by atoms with Crippen LogP contribution in [-0.2, 0) is 4.79 Å². The van der Waals surface area contributed by atoms with E-state index in [0.29, 0.717) is 11.0 Å². The third kappa shape index (κ3) is 5.64. The molecule has 2 rings (SSSR count). The fraction of sp³-hybridized carbons (Fsp3) is 0.550. The number of unbranched alkanes of at least 4 members (excludes halogenated alkanes) is 5. The lowest BCUT2D eigenvalue weighted by atomic mass is 9.92. The molecule has 1 atom stereocenters. The minimum Gasteiger partial charge on any atom is -0.295 e. The quantitative estimate of drug-likeness (QED) is 0.420. The molecule has 1 aliphatic carbocycles. The molecule has 0 N–H and O–H groups in total. The van der Waals surface area contributed by atoms with Crippen LogP contribution in [0, 0.1) is 0 Å². The predicted octanol–water partition coefficient (Wildman–Crippen LogP) is 6.19. The fourth-order valence-electron chi connectivity index (χ4n) is 2.96. The molecular formula is C20H28OS. The highest BCUT2D eigenvalue weighted by molar-refractivity contribution is 8.00. The zero-order valence-electron chi connectivity index (χ0n) is 13.7. The normalized spacial score (nSPS) is 20.5. The first-order valence-electron chi connectivity index (χ1n) is 8.76. The van der Waals surface area contributed by atoms with Crippen molar-refractivity contribution in [1.29, 1.82) is 0 Å². The summed E-state index contributed by atoms with van der Waals surface area (Å²) in [6, 6.07) is 10.5. The van der Waals surface area contributed by atoms with E-state index in [9.17, 15) is 4.79 Å². The van der Waals surface area contributed by atoms with E-state index in [1.54, 1.807) is 0 Å². The minimum absolute atomic E-state index is 0.360. The SMILES string of the molecule is CCCCCCC/C=C1\C(=O)CCCC1Sc1ccccc1. The lowest BCUT2D eigenvalue weighted by molar-refractivity contribution is -0.116. The molecule has 0 bridgehead atoms. The molecule has 0 heterocycles. The molecule has 1 aromatic rings. The van der Waals surface area contributed by atoms with Crippen LogP contribution in [0.4, 0.5) is 0 Å². The molecule has 1 saturated carbocycles. The highest BCUT2D eigenvalue weighted by Gasteiger charge is 2.25. The number of carbonyl (C=O) groups is 1. The molecule has 1 unspecified atom stereocenters. The first kappa shape index (κ1) is 17.3. The van der Waals surface area contributed by atoms with Crippen molar-refractivity contribution >= 4 is 17.5 Å². The molecule has 1 aromatic carbocycles. The second-order valence-corrected chi connectivity index (χ2v) is 7.37. The largest absolute Gasteiger partial charge is 0.295 e. The van der Waals surface area contributed by atoms with Gasteiger partial charge in [-0.1, -0.05) is 56.9 Å². The van der Waals surface area contributed by atoms with Crippen LogP contribution in [0.15, 0.2) is 46.9 Å². The van der Waals surface area contributed by atoms with Gasteiger partial charge in [-0.05, 0) is 37.8 Å². The van der Waals surface area contributed by atoms with Crippen molar-refractivity contribution in [3.05, 3.63) is 42.0 Å². The second kappa shape index (κ2) is 9.89. The number of carbonyl (C=O) groups excluding carboxylic acids is 1. The number of benzene rings is 1. The number of hydrogen-bond donors (Lipinski definition) is 0. The average molecular weight is 317 g/mol. The Morgan fingerprint density at radius 2 is 1.91 bits per heavy atom. The Morgan fingerprint density at radius 3 is 2.68 bits per heavy atom. The molecule has 1 nitrogen and oxygen atoms in total. The van der Waals surface area contributed by atoms with Crippen LogP contribution < -0.4 is 0 Å². The van der Waals surface area contributed by atoms with Gasteiger partial charge in [0.05, 0.1) is 0 Å². The van der Waals surface area contributed by atoms with Crippen molar-refractivity contribution in [2.45, 2.75) is 74.9 Å². The number of rotatable bonds is 8. The Balaban J connectivity index is 1.90. The molecule has 2 heteroatoms. The van der Waals surface area contributed by atoms with E-state index in [1.807, 2.05) is 17.8 Å². The van der Waals surface area contributed by atoms with Gasteiger partial charge in [0, 0.05) is 22.1 Å². The highest BCUT2D eigenvalue weighted by Crippen LogP contribution is 2.35. The van der Waals surface area contributed by atoms with E-state index < -0.39 is 0 Å². The number of ketones is 1. The maximum Gasteiger partial charge on any atom is 0.159 e. The Morgan fingerprint density at radius 1 is 1.14 bits per heavy atom. The van der Waals surface area contributed by atoms with Gasteiger partial charge in [0.15, 0.2) is 5.78 Å². The molecule has 22 heavy (non-hydrogen) atoms. The summed E-state index contributed by atoms with van der Waals surface area (Å²) in [5.41, 5.74) is 1.09. The molecule has 120 valence electrons. The summed E-state index contributed by atoms with van der Waals surface area (Å²) in [7, 11) is 0. The van der Waals surface area contributed by atoms with Gasteiger partial charge in [-0.2, -0.15) is 0 Å². The van der Waals surface area contributed by atoms with Crippen molar-refractivity contribution in [1.82, 2.24) is 0 Å². The van der Waals surface area contributed by atoms with E-state index in [-0.39, 0.29) is 0 Å². The predicted molar refractivity (Wildman–Crippen MR) is 96.4 cm³/mol. The first-order chi connectivity index (χ1) is 10.8. The van der Waals surface area contributed by atoms with Crippen LogP contribution in [0.1, 0.15) is 64.7 Å². The summed E-state index contributed by atoms with van der Waals surface area (Å²) in [6.07, 6.45) is 12.7. The van der Waals surface area contributed by atoms with E-state index in [0.717, 1.165) is 31.3 Å². The lowest BCUT2D eigenvalue weighted by Gasteiger charge is -2.24. The number of hydrogen-bond acceptors (Lipinski definition) is 2. The molecule has 0 radical (unpaired) electrons.